The van der Waals surface area contributed by atoms with Crippen LogP contribution in [0.2, 0.25) is 0 Å². The zero-order valence-electron chi connectivity index (χ0n) is 30.2. The van der Waals surface area contributed by atoms with Crippen molar-refractivity contribution in [1.82, 2.24) is 45.2 Å². The topological polar surface area (TPSA) is 146 Å². The summed E-state index contributed by atoms with van der Waals surface area (Å²) in [5, 5.41) is 12.4. The Morgan fingerprint density at radius 2 is 1.62 bits per heavy atom. The minimum atomic E-state index is -0.692. The van der Waals surface area contributed by atoms with Gasteiger partial charge in [0.05, 0.1) is 23.7 Å². The molecule has 3 aliphatic heterocycles. The molecule has 3 saturated heterocycles. The molecule has 1 atom stereocenters. The first-order valence-electron chi connectivity index (χ1n) is 18.9. The summed E-state index contributed by atoms with van der Waals surface area (Å²) in [5.74, 6) is 0.575. The van der Waals surface area contributed by atoms with E-state index in [1.807, 2.05) is 42.2 Å². The van der Waals surface area contributed by atoms with E-state index in [-0.39, 0.29) is 23.4 Å². The van der Waals surface area contributed by atoms with Gasteiger partial charge in [-0.1, -0.05) is 24.3 Å². The molecule has 0 unspecified atom stereocenters. The minimum absolute atomic E-state index is 0.0252. The number of pyridine rings is 1. The summed E-state index contributed by atoms with van der Waals surface area (Å²) < 4.78 is 0. The number of piperidine rings is 3. The van der Waals surface area contributed by atoms with Gasteiger partial charge in [-0.15, -0.1) is 0 Å². The van der Waals surface area contributed by atoms with Crippen LogP contribution in [0.25, 0.3) is 21.8 Å². The van der Waals surface area contributed by atoms with Gasteiger partial charge in [0.15, 0.2) is 0 Å². The van der Waals surface area contributed by atoms with Gasteiger partial charge in [-0.3, -0.25) is 14.7 Å². The Morgan fingerprint density at radius 3 is 2.37 bits per heavy atom. The van der Waals surface area contributed by atoms with Gasteiger partial charge in [-0.25, -0.2) is 9.78 Å². The van der Waals surface area contributed by atoms with E-state index in [1.165, 1.54) is 5.69 Å². The number of urea groups is 1. The van der Waals surface area contributed by atoms with E-state index >= 15 is 0 Å². The molecule has 8 rings (SSSR count). The molecule has 272 valence electrons. The maximum Gasteiger partial charge on any atom is 0.318 e. The van der Waals surface area contributed by atoms with Crippen molar-refractivity contribution in [2.45, 2.75) is 82.7 Å². The minimum Gasteiger partial charge on any atom is -0.348 e. The smallest absolute Gasteiger partial charge is 0.318 e. The van der Waals surface area contributed by atoms with Gasteiger partial charge in [0, 0.05) is 66.7 Å². The number of benzene rings is 2. The predicted molar refractivity (Wildman–Crippen MR) is 201 cm³/mol. The first kappa shape index (κ1) is 34.1. The molecular weight excluding hydrogens is 654 g/mol. The van der Waals surface area contributed by atoms with Crippen LogP contribution in [0.3, 0.4) is 0 Å². The first-order chi connectivity index (χ1) is 25.3. The summed E-state index contributed by atoms with van der Waals surface area (Å²) in [6.45, 7) is 8.63. The fourth-order valence-electron chi connectivity index (χ4n) is 8.98. The summed E-state index contributed by atoms with van der Waals surface area (Å²) >= 11 is 0. The molecule has 5 aromatic rings. The van der Waals surface area contributed by atoms with Gasteiger partial charge in [-0.2, -0.15) is 5.10 Å². The zero-order chi connectivity index (χ0) is 35.8. The van der Waals surface area contributed by atoms with Crippen LogP contribution in [-0.2, 0) is 11.2 Å². The number of likely N-dealkylation sites (tertiary alicyclic amines) is 3. The van der Waals surface area contributed by atoms with E-state index in [2.05, 4.69) is 54.4 Å². The molecule has 3 aromatic heterocycles. The Morgan fingerprint density at radius 1 is 0.885 bits per heavy atom. The molecule has 0 bridgehead atoms. The monoisotopic (exact) mass is 703 g/mol. The number of rotatable bonds is 7. The number of H-pyrrole nitrogens is 3. The van der Waals surface area contributed by atoms with Crippen LogP contribution in [0.4, 0.5) is 4.79 Å². The van der Waals surface area contributed by atoms with Crippen LogP contribution in [0.1, 0.15) is 78.4 Å². The number of para-hydroxylation sites is 1. The van der Waals surface area contributed by atoms with Gasteiger partial charge < -0.3 is 30.0 Å². The van der Waals surface area contributed by atoms with Crippen molar-refractivity contribution in [2.24, 2.45) is 0 Å². The molecule has 3 fully saturated rings. The van der Waals surface area contributed by atoms with E-state index in [0.717, 1.165) is 83.0 Å². The maximum absolute atomic E-state index is 14.3. The Hall–Kier alpha value is -4.97. The molecule has 0 aliphatic carbocycles. The standard InChI is InChI=1S/C40H49N9O3/c1-25-19-27(20-31-23-43-46-36(25)31)21-35(39(51)48-17-11-32(12-18-48)47-13-9-29(10-14-47)37-26(2)41-24-42-37)45-40(52)49-15-7-28(8-16-49)33-22-30-5-3-4-6-34(30)44-38(33)50/h3-6,19-20,22-24,28-29,32,35H,7-18,21H2,1-2H3,(H,41,42)(H,43,46)(H,44,50)(H,45,52)/t35-/m0/s1. The van der Waals surface area contributed by atoms with Crippen molar-refractivity contribution in [1.29, 1.82) is 0 Å². The van der Waals surface area contributed by atoms with Crippen molar-refractivity contribution < 1.29 is 9.59 Å². The first-order valence-corrected chi connectivity index (χ1v) is 18.9. The number of nitrogens with one attached hydrogen (secondary N) is 4. The second-order valence-electron chi connectivity index (χ2n) is 15.1. The van der Waals surface area contributed by atoms with Gasteiger partial charge >= 0.3 is 6.03 Å². The summed E-state index contributed by atoms with van der Waals surface area (Å²) in [7, 11) is 0. The number of carbonyl (C=O) groups excluding carboxylic acids is 2. The van der Waals surface area contributed by atoms with Crippen LogP contribution >= 0.6 is 0 Å². The lowest BCUT2D eigenvalue weighted by Gasteiger charge is -2.42. The maximum atomic E-state index is 14.3. The van der Waals surface area contributed by atoms with Crippen LogP contribution in [-0.4, -0.2) is 103 Å². The molecule has 52 heavy (non-hydrogen) atoms. The largest absolute Gasteiger partial charge is 0.348 e. The number of hydrogen-bond donors (Lipinski definition) is 4. The lowest BCUT2D eigenvalue weighted by Crippen LogP contribution is -2.56. The Balaban J connectivity index is 0.918. The van der Waals surface area contributed by atoms with Crippen molar-refractivity contribution in [3.05, 3.63) is 93.4 Å². The Kier molecular flexibility index (Phi) is 9.57. The number of fused-ring (bicyclic) bond motifs is 2. The van der Waals surface area contributed by atoms with Crippen molar-refractivity contribution in [2.75, 3.05) is 39.3 Å². The van der Waals surface area contributed by atoms with Crippen LogP contribution in [0, 0.1) is 13.8 Å². The van der Waals surface area contributed by atoms with Crippen LogP contribution in [0.15, 0.2) is 59.8 Å². The number of aryl methyl sites for hydroxylation is 2. The van der Waals surface area contributed by atoms with E-state index in [4.69, 9.17) is 0 Å². The van der Waals surface area contributed by atoms with E-state index in [9.17, 15) is 14.4 Å². The lowest BCUT2D eigenvalue weighted by molar-refractivity contribution is -0.135. The highest BCUT2D eigenvalue weighted by atomic mass is 16.2. The molecule has 3 amide bonds. The molecule has 0 spiro atoms. The van der Waals surface area contributed by atoms with Gasteiger partial charge in [0.2, 0.25) is 5.91 Å². The van der Waals surface area contributed by atoms with E-state index in [0.29, 0.717) is 57.4 Å². The van der Waals surface area contributed by atoms with E-state index in [1.54, 1.807) is 17.4 Å². The highest BCUT2D eigenvalue weighted by Gasteiger charge is 2.35. The summed E-state index contributed by atoms with van der Waals surface area (Å²) in [5.41, 5.74) is 6.96. The average Bonchev–Trinajstić information content (AvgIpc) is 3.83. The number of aromatic amines is 3. The molecule has 12 heteroatoms. The number of aromatic nitrogens is 5. The third-order valence-corrected chi connectivity index (χ3v) is 11.9. The second-order valence-corrected chi connectivity index (χ2v) is 15.1. The fraction of sp³-hybridized carbons (Fsp3) is 0.475. The third kappa shape index (κ3) is 6.96. The molecule has 4 N–H and O–H groups in total. The van der Waals surface area contributed by atoms with Gasteiger partial charge in [-0.05, 0) is 106 Å². The lowest BCUT2D eigenvalue weighted by atomic mass is 9.89. The SMILES string of the molecule is Cc1nc[nH]c1C1CCN(C2CCN(C(=O)[C@H](Cc3cc(C)c4[nH]ncc4c3)NC(=O)N3CCC(c4cc5ccccc5[nH]c4=O)CC3)CC2)CC1. The number of amides is 3. The molecular formula is C40H49N9O3. The average molecular weight is 704 g/mol. The Labute approximate surface area is 303 Å². The van der Waals surface area contributed by atoms with Crippen LogP contribution < -0.4 is 10.9 Å². The molecule has 2 aromatic carbocycles. The number of carbonyl (C=O) groups is 2. The molecule has 6 heterocycles. The number of hydrogen-bond acceptors (Lipinski definition) is 6. The zero-order valence-corrected chi connectivity index (χ0v) is 30.2. The third-order valence-electron chi connectivity index (χ3n) is 11.9. The highest BCUT2D eigenvalue weighted by Crippen LogP contribution is 2.32. The highest BCUT2D eigenvalue weighted by molar-refractivity contribution is 5.88. The quantitative estimate of drug-likeness (QED) is 0.185. The molecule has 12 nitrogen and oxygen atoms in total. The van der Waals surface area contributed by atoms with Gasteiger partial charge in [0.25, 0.3) is 5.56 Å². The Bertz CT molecular complexity index is 2110. The second kappa shape index (κ2) is 14.6. The summed E-state index contributed by atoms with van der Waals surface area (Å²) in [6.07, 6.45) is 9.48. The predicted octanol–water partition coefficient (Wildman–Crippen LogP) is 5.12. The summed E-state index contributed by atoms with van der Waals surface area (Å²) in [4.78, 5) is 58.3. The van der Waals surface area contributed by atoms with Gasteiger partial charge in [0.1, 0.15) is 6.04 Å². The van der Waals surface area contributed by atoms with Crippen molar-refractivity contribution in [3.63, 3.8) is 0 Å². The molecule has 3 aliphatic rings. The molecule has 0 radical (unpaired) electrons. The van der Waals surface area contributed by atoms with Crippen molar-refractivity contribution in [3.8, 4) is 0 Å². The normalized spacial score (nSPS) is 19.0. The van der Waals surface area contributed by atoms with E-state index < -0.39 is 6.04 Å². The van der Waals surface area contributed by atoms with Crippen molar-refractivity contribution >= 4 is 33.7 Å². The number of imidazole rings is 1. The molecule has 0 saturated carbocycles. The van der Waals surface area contributed by atoms with Crippen LogP contribution in [0.5, 0.6) is 0 Å². The summed E-state index contributed by atoms with van der Waals surface area (Å²) in [6, 6.07) is 13.5. The number of nitrogens with zero attached hydrogens (tertiary/aromatic N) is 5. The fourth-order valence-corrected chi connectivity index (χ4v) is 8.98.